The summed E-state index contributed by atoms with van der Waals surface area (Å²) in [7, 11) is -42.6. The molecular formula is C82H66F24N6P4. The van der Waals surface area contributed by atoms with Crippen molar-refractivity contribution in [3.05, 3.63) is 339 Å². The van der Waals surface area contributed by atoms with Crippen molar-refractivity contribution in [1.82, 2.24) is 0 Å². The second kappa shape index (κ2) is 32.0. The van der Waals surface area contributed by atoms with Gasteiger partial charge >= 0.3 is 132 Å². The largest absolute Gasteiger partial charge is 0.201 e. The number of fused-ring (bicyclic) bond motifs is 3. The van der Waals surface area contributed by atoms with Crippen molar-refractivity contribution in [2.45, 2.75) is 40.0 Å². The quantitative estimate of drug-likeness (QED) is 0.0657. The van der Waals surface area contributed by atoms with Crippen molar-refractivity contribution in [3.8, 4) is 56.6 Å². The summed E-state index contributed by atoms with van der Waals surface area (Å²) in [6.45, 7) is 6.21. The van der Waals surface area contributed by atoms with Crippen molar-refractivity contribution < 1.29 is 119 Å². The van der Waals surface area contributed by atoms with Crippen LogP contribution in [-0.4, -0.2) is 0 Å². The zero-order chi connectivity index (χ0) is 85.7. The minimum absolute atomic E-state index is 0.837. The van der Waals surface area contributed by atoms with Crippen LogP contribution < -0.4 is 18.3 Å². The van der Waals surface area contributed by atoms with Gasteiger partial charge in [-0.1, -0.05) is 218 Å². The Labute approximate surface area is 647 Å². The summed E-state index contributed by atoms with van der Waals surface area (Å²) >= 11 is 0. The van der Waals surface area contributed by atoms with Crippen molar-refractivity contribution in [2.75, 3.05) is 0 Å². The molecule has 4 aromatic heterocycles. The van der Waals surface area contributed by atoms with E-state index in [4.69, 9.17) is 10.5 Å². The molecule has 26 heterocycles. The van der Waals surface area contributed by atoms with Crippen LogP contribution in [0.5, 0.6) is 0 Å². The van der Waals surface area contributed by atoms with Gasteiger partial charge in [0.1, 0.15) is 0 Å². The Morgan fingerprint density at radius 2 is 0.353 bits per heavy atom. The third-order valence-electron chi connectivity index (χ3n) is 16.2. The predicted octanol–water partition coefficient (Wildman–Crippen LogP) is 31.2. The van der Waals surface area contributed by atoms with Crippen LogP contribution in [0.15, 0.2) is 316 Å². The Balaban J connectivity index is 0.000000210. The second-order valence-corrected chi connectivity index (χ2v) is 33.6. The molecule has 612 valence electrons. The van der Waals surface area contributed by atoms with Crippen LogP contribution in [0.3, 0.4) is 0 Å². The van der Waals surface area contributed by atoms with E-state index in [-0.39, 0.29) is 0 Å². The number of nitrogens with zero attached hydrogens (tertiary/aromatic N) is 6. The molecule has 0 fully saturated rings. The molecule has 22 aliphatic heterocycles. The van der Waals surface area contributed by atoms with E-state index in [9.17, 15) is 101 Å². The summed E-state index contributed by atoms with van der Waals surface area (Å²) in [6.07, 6.45) is 17.4. The molecule has 116 heavy (non-hydrogen) atoms. The first-order valence-corrected chi connectivity index (χ1v) is 42.0. The Bertz CT molecular complexity index is 5260. The summed E-state index contributed by atoms with van der Waals surface area (Å²) in [4.78, 5) is 0. The summed E-state index contributed by atoms with van der Waals surface area (Å²) in [5.74, 6) is 0. The van der Waals surface area contributed by atoms with Crippen LogP contribution in [0.1, 0.15) is 36.1 Å². The topological polar surface area (TPSA) is 63.1 Å². The fraction of sp³-hybridized carbons (Fsp3) is 0.0732. The zero-order valence-electron chi connectivity index (χ0n) is 60.4. The van der Waals surface area contributed by atoms with Crippen molar-refractivity contribution in [2.24, 2.45) is 0 Å². The average Bonchev–Trinajstić information content (AvgIpc) is 0.748. The van der Waals surface area contributed by atoms with Crippen LogP contribution in [0.4, 0.5) is 101 Å². The van der Waals surface area contributed by atoms with Crippen LogP contribution in [0.2, 0.25) is 0 Å². The first-order chi connectivity index (χ1) is 53.2. The first kappa shape index (κ1) is 90.1. The van der Waals surface area contributed by atoms with Crippen LogP contribution in [0, 0.1) is 22.7 Å². The van der Waals surface area contributed by atoms with E-state index < -0.39 is 31.2 Å². The number of pyridine rings is 4. The standard InChI is InChI=1S/C48H40N4.C16H10.C14H10.2C2H3N.4F6P/c1-2-38-4-3-37(1)33-49-25-17-45(18-26-49)41-9-11-43(12-10-41)47-21-29-51(30-22-47)35-39-5-7-40(8-6-39)36-52-31-23-48(24-32-52)44-15-13-42(14-16-44)46-19-27-50(34-38)28-20-46;1-3-11-7-9-13-5-2-6-14-10-8-12(4-1)15(11)16(13)14;1-3-7-13-11(5-1)9-10-12-6-2-4-8-14(12)13;2*1-2-3;4*1-7(2,3,4,5)6/h1-32H,33-36H2;1-10H;1-10H;2*1H3;;;;/q+4;;;;;4*-1. The molecule has 22 aliphatic rings. The summed E-state index contributed by atoms with van der Waals surface area (Å²) in [5, 5.41) is 28.1. The molecule has 0 unspecified atom stereocenters. The molecule has 0 atom stereocenters. The Morgan fingerprint density at radius 1 is 0.207 bits per heavy atom. The molecule has 16 bridgehead atoms. The molecule has 0 N–H and O–H groups in total. The number of rotatable bonds is 0. The summed E-state index contributed by atoms with van der Waals surface area (Å²) in [5.41, 5.74) is 14.9. The van der Waals surface area contributed by atoms with Crippen molar-refractivity contribution in [3.63, 3.8) is 0 Å². The zero-order valence-corrected chi connectivity index (χ0v) is 64.0. The smallest absolute Gasteiger partial charge is 0.173 e. The number of hydrogen-bond acceptors (Lipinski definition) is 2. The van der Waals surface area contributed by atoms with E-state index in [1.165, 1.54) is 134 Å². The van der Waals surface area contributed by atoms with Gasteiger partial charge in [-0.15, -0.1) is 0 Å². The van der Waals surface area contributed by atoms with Gasteiger partial charge in [-0.05, 0) is 98.4 Å². The molecule has 0 saturated heterocycles. The molecule has 0 saturated carbocycles. The van der Waals surface area contributed by atoms with Gasteiger partial charge in [0.25, 0.3) is 0 Å². The van der Waals surface area contributed by atoms with Crippen molar-refractivity contribution >= 4 is 85.1 Å². The van der Waals surface area contributed by atoms with E-state index in [0.717, 1.165) is 26.2 Å². The third-order valence-corrected chi connectivity index (χ3v) is 16.2. The monoisotopic (exact) mass is 1710 g/mol. The number of halogens is 24. The van der Waals surface area contributed by atoms with Crippen LogP contribution in [0.25, 0.3) is 98.4 Å². The minimum atomic E-state index is -10.7. The van der Waals surface area contributed by atoms with E-state index in [1.807, 2.05) is 0 Å². The molecule has 0 spiro atoms. The molecular weight excluding hydrogens is 1650 g/mol. The van der Waals surface area contributed by atoms with Crippen LogP contribution in [-0.2, 0) is 26.2 Å². The Kier molecular flexibility index (Phi) is 24.9. The van der Waals surface area contributed by atoms with E-state index in [0.29, 0.717) is 0 Å². The van der Waals surface area contributed by atoms with Gasteiger partial charge in [-0.2, -0.15) is 10.5 Å². The van der Waals surface area contributed by atoms with Gasteiger partial charge < -0.3 is 0 Å². The molecule has 34 heteroatoms. The van der Waals surface area contributed by atoms with Crippen LogP contribution >= 0.6 is 31.2 Å². The predicted molar refractivity (Wildman–Crippen MR) is 413 cm³/mol. The summed E-state index contributed by atoms with van der Waals surface area (Å²) < 4.78 is 246. The van der Waals surface area contributed by atoms with Gasteiger partial charge in [-0.25, -0.2) is 18.3 Å². The van der Waals surface area contributed by atoms with Gasteiger partial charge in [-0.3, -0.25) is 0 Å². The number of nitriles is 2. The van der Waals surface area contributed by atoms with E-state index in [2.05, 4.69) is 335 Å². The average molecular weight is 1720 g/mol. The second-order valence-electron chi connectivity index (χ2n) is 25.9. The normalized spacial score (nSPS) is 14.2. The first-order valence-electron chi connectivity index (χ1n) is 33.9. The van der Waals surface area contributed by atoms with E-state index in [1.54, 1.807) is 12.1 Å². The maximum Gasteiger partial charge on any atom is 0.173 e. The Morgan fingerprint density at radius 3 is 0.534 bits per heavy atom. The minimum Gasteiger partial charge on any atom is -0.201 e. The molecule has 0 aliphatic carbocycles. The number of hydrogen-bond donors (Lipinski definition) is 0. The SMILES string of the molecule is CC#N.CC#N.F[P-](F)(F)(F)(F)F.F[P-](F)(F)(F)(F)F.F[P-](F)(F)(F)(F)F.F[P-](F)(F)(F)(F)F.c1cc2ccc1C[n+]1ccc(cc1)-c1ccc(cc1)-c1cc[n+](cc1)Cc1ccc(cc1)C[n+]1ccc(cc1)-c1ccc(cc1)-c1cc[n+](cc1)C2.c1cc2ccc3cccc4ccc(c1)c2c34.c1ccc2c(c1)ccc1ccccc12. The molecule has 11 aromatic carbocycles. The van der Waals surface area contributed by atoms with Gasteiger partial charge in [0.05, 0.1) is 12.1 Å². The Hall–Kier alpha value is -11.4. The third kappa shape index (κ3) is 35.1. The van der Waals surface area contributed by atoms with Gasteiger partial charge in [0, 0.05) is 84.6 Å². The number of aromatic nitrogens is 4. The molecule has 15 aromatic rings. The van der Waals surface area contributed by atoms with E-state index >= 15 is 0 Å². The summed E-state index contributed by atoms with van der Waals surface area (Å²) in [6, 6.07) is 100. The molecule has 0 radical (unpaired) electrons. The maximum atomic E-state index is 9.87. The fourth-order valence-corrected chi connectivity index (χ4v) is 11.7. The van der Waals surface area contributed by atoms with Gasteiger partial charge in [0.15, 0.2) is 75.8 Å². The molecule has 0 amide bonds. The maximum absolute atomic E-state index is 10.7. The molecule has 6 nitrogen and oxygen atoms in total. The van der Waals surface area contributed by atoms with Gasteiger partial charge in [0.2, 0.25) is 0 Å². The number of benzene rings is 11. The van der Waals surface area contributed by atoms with Crippen molar-refractivity contribution in [1.29, 1.82) is 10.5 Å². The fourth-order valence-electron chi connectivity index (χ4n) is 11.7. The molecule has 37 rings (SSSR count).